The van der Waals surface area contributed by atoms with Crippen molar-refractivity contribution >= 4 is 9.84 Å². The summed E-state index contributed by atoms with van der Waals surface area (Å²) in [5.41, 5.74) is 1.98. The second kappa shape index (κ2) is 7.65. The largest absolute Gasteiger partial charge is 0.313 e. The lowest BCUT2D eigenvalue weighted by Crippen LogP contribution is -2.35. The van der Waals surface area contributed by atoms with Crippen molar-refractivity contribution < 1.29 is 8.42 Å². The summed E-state index contributed by atoms with van der Waals surface area (Å²) in [6.45, 7) is 6.88. The summed E-state index contributed by atoms with van der Waals surface area (Å²) in [6.07, 6.45) is 1.90. The van der Waals surface area contributed by atoms with Gasteiger partial charge in [-0.15, -0.1) is 0 Å². The molecule has 0 radical (unpaired) electrons. The minimum atomic E-state index is -3.06. The molecule has 1 rings (SSSR count). The van der Waals surface area contributed by atoms with Gasteiger partial charge in [-0.05, 0) is 25.5 Å². The van der Waals surface area contributed by atoms with Crippen LogP contribution in [0.15, 0.2) is 24.3 Å². The third-order valence-electron chi connectivity index (χ3n) is 3.05. The van der Waals surface area contributed by atoms with Crippen LogP contribution in [0.4, 0.5) is 0 Å². The summed E-state index contributed by atoms with van der Waals surface area (Å²) in [6, 6.07) is 7.79. The number of hydrogen-bond donors (Lipinski definition) is 1. The standard InChI is InChI=1S/C15H25NO2S/c1-4-7-15(16-5-2)12-19(17,18)11-14-9-6-8-13(3)10-14/h6,8-10,15-16H,4-5,7,11-12H2,1-3H3. The van der Waals surface area contributed by atoms with Gasteiger partial charge >= 0.3 is 0 Å². The van der Waals surface area contributed by atoms with Crippen molar-refractivity contribution in [3.05, 3.63) is 35.4 Å². The van der Waals surface area contributed by atoms with Gasteiger partial charge in [-0.25, -0.2) is 8.42 Å². The Kier molecular flexibility index (Phi) is 6.52. The highest BCUT2D eigenvalue weighted by molar-refractivity contribution is 7.90. The fraction of sp³-hybridized carbons (Fsp3) is 0.600. The molecule has 0 saturated heterocycles. The number of sulfone groups is 1. The highest BCUT2D eigenvalue weighted by Crippen LogP contribution is 2.11. The second-order valence-corrected chi connectivity index (χ2v) is 7.20. The van der Waals surface area contributed by atoms with Crippen molar-refractivity contribution in [3.63, 3.8) is 0 Å². The van der Waals surface area contributed by atoms with E-state index in [0.29, 0.717) is 0 Å². The van der Waals surface area contributed by atoms with Crippen LogP contribution in [0.25, 0.3) is 0 Å². The number of rotatable bonds is 8. The van der Waals surface area contributed by atoms with E-state index < -0.39 is 9.84 Å². The third kappa shape index (κ3) is 6.21. The number of aryl methyl sites for hydroxylation is 1. The van der Waals surface area contributed by atoms with E-state index in [1.54, 1.807) is 0 Å². The van der Waals surface area contributed by atoms with E-state index in [1.807, 2.05) is 38.1 Å². The maximum atomic E-state index is 12.2. The van der Waals surface area contributed by atoms with Crippen LogP contribution in [0.3, 0.4) is 0 Å². The molecule has 0 aromatic heterocycles. The lowest BCUT2D eigenvalue weighted by molar-refractivity contribution is 0.512. The smallest absolute Gasteiger partial charge is 0.155 e. The summed E-state index contributed by atoms with van der Waals surface area (Å²) < 4.78 is 24.5. The minimum Gasteiger partial charge on any atom is -0.313 e. The molecule has 0 spiro atoms. The van der Waals surface area contributed by atoms with Crippen LogP contribution in [0.5, 0.6) is 0 Å². The van der Waals surface area contributed by atoms with Crippen molar-refractivity contribution in [1.29, 1.82) is 0 Å². The first-order valence-corrected chi connectivity index (χ1v) is 8.78. The number of nitrogens with one attached hydrogen (secondary N) is 1. The Bertz CT molecular complexity index is 477. The van der Waals surface area contributed by atoms with Crippen molar-refractivity contribution in [2.24, 2.45) is 0 Å². The Morgan fingerprint density at radius 3 is 2.58 bits per heavy atom. The molecule has 0 aliphatic carbocycles. The Hall–Kier alpha value is -0.870. The fourth-order valence-electron chi connectivity index (χ4n) is 2.30. The van der Waals surface area contributed by atoms with Crippen LogP contribution >= 0.6 is 0 Å². The molecule has 1 aromatic carbocycles. The monoisotopic (exact) mass is 283 g/mol. The zero-order chi connectivity index (χ0) is 14.3. The molecule has 0 fully saturated rings. The van der Waals surface area contributed by atoms with Gasteiger partial charge < -0.3 is 5.32 Å². The zero-order valence-electron chi connectivity index (χ0n) is 12.1. The fourth-order valence-corrected chi connectivity index (χ4v) is 4.01. The van der Waals surface area contributed by atoms with Gasteiger partial charge in [0.2, 0.25) is 0 Å². The van der Waals surface area contributed by atoms with E-state index in [4.69, 9.17) is 0 Å². The van der Waals surface area contributed by atoms with Gasteiger partial charge in [0.15, 0.2) is 9.84 Å². The molecule has 19 heavy (non-hydrogen) atoms. The molecule has 0 bridgehead atoms. The summed E-state index contributed by atoms with van der Waals surface area (Å²) >= 11 is 0. The molecule has 0 amide bonds. The molecule has 1 aromatic rings. The molecule has 1 unspecified atom stereocenters. The lowest BCUT2D eigenvalue weighted by atomic mass is 10.2. The van der Waals surface area contributed by atoms with Crippen molar-refractivity contribution in [2.45, 2.75) is 45.4 Å². The van der Waals surface area contributed by atoms with Crippen LogP contribution in [0.2, 0.25) is 0 Å². The van der Waals surface area contributed by atoms with Gasteiger partial charge in [0.05, 0.1) is 11.5 Å². The minimum absolute atomic E-state index is 0.0739. The van der Waals surface area contributed by atoms with Crippen LogP contribution in [-0.2, 0) is 15.6 Å². The predicted octanol–water partition coefficient (Wildman–Crippen LogP) is 2.69. The topological polar surface area (TPSA) is 46.2 Å². The normalized spacial score (nSPS) is 13.4. The van der Waals surface area contributed by atoms with Crippen LogP contribution in [0.1, 0.15) is 37.8 Å². The molecule has 0 aliphatic rings. The lowest BCUT2D eigenvalue weighted by Gasteiger charge is -2.17. The maximum Gasteiger partial charge on any atom is 0.155 e. The molecular weight excluding hydrogens is 258 g/mol. The Balaban J connectivity index is 2.69. The van der Waals surface area contributed by atoms with E-state index in [0.717, 1.165) is 30.5 Å². The number of benzene rings is 1. The van der Waals surface area contributed by atoms with Crippen LogP contribution in [0, 0.1) is 6.92 Å². The van der Waals surface area contributed by atoms with E-state index in [9.17, 15) is 8.42 Å². The molecule has 4 heteroatoms. The van der Waals surface area contributed by atoms with Gasteiger partial charge in [-0.1, -0.05) is 50.1 Å². The van der Waals surface area contributed by atoms with E-state index in [-0.39, 0.29) is 17.5 Å². The third-order valence-corrected chi connectivity index (χ3v) is 4.74. The van der Waals surface area contributed by atoms with Gasteiger partial charge in [0.1, 0.15) is 0 Å². The van der Waals surface area contributed by atoms with Gasteiger partial charge in [0, 0.05) is 6.04 Å². The summed E-state index contributed by atoms with van der Waals surface area (Å²) in [7, 11) is -3.06. The Morgan fingerprint density at radius 1 is 1.26 bits per heavy atom. The van der Waals surface area contributed by atoms with Crippen LogP contribution < -0.4 is 5.32 Å². The van der Waals surface area contributed by atoms with Crippen LogP contribution in [-0.4, -0.2) is 26.8 Å². The molecule has 108 valence electrons. The summed E-state index contributed by atoms with van der Waals surface area (Å²) in [5.74, 6) is 0.364. The van der Waals surface area contributed by atoms with E-state index in [1.165, 1.54) is 0 Å². The van der Waals surface area contributed by atoms with Crippen molar-refractivity contribution in [1.82, 2.24) is 5.32 Å². The van der Waals surface area contributed by atoms with Crippen molar-refractivity contribution in [3.8, 4) is 0 Å². The predicted molar refractivity (Wildman–Crippen MR) is 81.0 cm³/mol. The van der Waals surface area contributed by atoms with Gasteiger partial charge in [0.25, 0.3) is 0 Å². The molecule has 1 atom stereocenters. The van der Waals surface area contributed by atoms with Crippen molar-refractivity contribution in [2.75, 3.05) is 12.3 Å². The SMILES string of the molecule is CCCC(CS(=O)(=O)Cc1cccc(C)c1)NCC. The first-order chi connectivity index (χ1) is 8.96. The molecule has 1 N–H and O–H groups in total. The first kappa shape index (κ1) is 16.2. The highest BCUT2D eigenvalue weighted by atomic mass is 32.2. The summed E-state index contributed by atoms with van der Waals surface area (Å²) in [5, 5.41) is 3.26. The Labute approximate surface area is 117 Å². The average Bonchev–Trinajstić information content (AvgIpc) is 2.28. The van der Waals surface area contributed by atoms with Gasteiger partial charge in [-0.2, -0.15) is 0 Å². The average molecular weight is 283 g/mol. The zero-order valence-corrected chi connectivity index (χ0v) is 13.0. The molecular formula is C15H25NO2S. The Morgan fingerprint density at radius 2 is 2.00 bits per heavy atom. The maximum absolute atomic E-state index is 12.2. The van der Waals surface area contributed by atoms with E-state index >= 15 is 0 Å². The number of hydrogen-bond acceptors (Lipinski definition) is 3. The highest BCUT2D eigenvalue weighted by Gasteiger charge is 2.18. The van der Waals surface area contributed by atoms with E-state index in [2.05, 4.69) is 12.2 Å². The molecule has 3 nitrogen and oxygen atoms in total. The first-order valence-electron chi connectivity index (χ1n) is 6.96. The molecule has 0 heterocycles. The summed E-state index contributed by atoms with van der Waals surface area (Å²) in [4.78, 5) is 0. The molecule has 0 saturated carbocycles. The second-order valence-electron chi connectivity index (χ2n) is 5.09. The quantitative estimate of drug-likeness (QED) is 0.798. The van der Waals surface area contributed by atoms with Gasteiger partial charge in [-0.3, -0.25) is 0 Å². The molecule has 0 aliphatic heterocycles.